The van der Waals surface area contributed by atoms with Gasteiger partial charge in [0.1, 0.15) is 5.75 Å². The van der Waals surface area contributed by atoms with Gasteiger partial charge in [0.15, 0.2) is 12.4 Å². The van der Waals surface area contributed by atoms with Crippen LogP contribution in [0.5, 0.6) is 5.75 Å². The third-order valence-electron chi connectivity index (χ3n) is 3.27. The van der Waals surface area contributed by atoms with E-state index in [4.69, 9.17) is 15.7 Å². The molecule has 4 N–H and O–H groups in total. The number of hydrazine groups is 1. The maximum Gasteiger partial charge on any atom is 0.272 e. The van der Waals surface area contributed by atoms with E-state index in [9.17, 15) is 4.79 Å². The van der Waals surface area contributed by atoms with Crippen LogP contribution in [0.15, 0.2) is 29.4 Å². The van der Waals surface area contributed by atoms with Crippen LogP contribution in [0.2, 0.25) is 0 Å². The van der Waals surface area contributed by atoms with Gasteiger partial charge in [0.2, 0.25) is 0 Å². The van der Waals surface area contributed by atoms with Crippen LogP contribution in [0, 0.1) is 0 Å². The molecule has 0 atom stereocenters. The first-order chi connectivity index (χ1) is 10.2. The van der Waals surface area contributed by atoms with Crippen LogP contribution in [0.25, 0.3) is 0 Å². The first-order valence-corrected chi connectivity index (χ1v) is 6.95. The number of nitrogens with zero attached hydrogens (tertiary/aromatic N) is 2. The Morgan fingerprint density at radius 2 is 2.05 bits per heavy atom. The Hall–Kier alpha value is -2.28. The summed E-state index contributed by atoms with van der Waals surface area (Å²) in [6.45, 7) is 1.62. The van der Waals surface area contributed by atoms with Gasteiger partial charge in [-0.15, -0.1) is 0 Å². The summed E-state index contributed by atoms with van der Waals surface area (Å²) in [5.41, 5.74) is 8.82. The number of nitrogens with two attached hydrogens (primary N) is 1. The predicted octanol–water partition coefficient (Wildman–Crippen LogP) is 0.677. The summed E-state index contributed by atoms with van der Waals surface area (Å²) in [4.78, 5) is 11.8. The standard InChI is InChI=1S/C14H20N4O3/c15-14(17-20)11-6-2-3-7-12(11)21-10-13(19)16-18-8-4-1-5-9-18/h2-3,6-7,20H,1,4-5,8-10H2,(H2,15,17)(H,16,19). The quantitative estimate of drug-likeness (QED) is 0.321. The molecule has 7 nitrogen and oxygen atoms in total. The second kappa shape index (κ2) is 7.49. The lowest BCUT2D eigenvalue weighted by Gasteiger charge is -2.26. The minimum atomic E-state index is -0.216. The Balaban J connectivity index is 1.89. The minimum Gasteiger partial charge on any atom is -0.483 e. The molecule has 0 spiro atoms. The maximum atomic E-state index is 11.8. The zero-order valence-electron chi connectivity index (χ0n) is 11.8. The number of benzene rings is 1. The highest BCUT2D eigenvalue weighted by atomic mass is 16.5. The number of piperidine rings is 1. The summed E-state index contributed by atoms with van der Waals surface area (Å²) in [5, 5.41) is 13.6. The molecule has 1 aliphatic heterocycles. The average molecular weight is 292 g/mol. The fourth-order valence-corrected chi connectivity index (χ4v) is 2.22. The molecular formula is C14H20N4O3. The molecule has 0 radical (unpaired) electrons. The van der Waals surface area contributed by atoms with Crippen LogP contribution in [0.4, 0.5) is 0 Å². The van der Waals surface area contributed by atoms with E-state index in [2.05, 4.69) is 10.6 Å². The zero-order chi connectivity index (χ0) is 15.1. The molecule has 21 heavy (non-hydrogen) atoms. The van der Waals surface area contributed by atoms with E-state index in [0.717, 1.165) is 25.9 Å². The molecule has 7 heteroatoms. The van der Waals surface area contributed by atoms with Gasteiger partial charge >= 0.3 is 0 Å². The Morgan fingerprint density at radius 3 is 2.76 bits per heavy atom. The molecule has 0 saturated carbocycles. The highest BCUT2D eigenvalue weighted by Gasteiger charge is 2.14. The summed E-state index contributed by atoms with van der Waals surface area (Å²) >= 11 is 0. The van der Waals surface area contributed by atoms with Crippen molar-refractivity contribution in [2.24, 2.45) is 10.9 Å². The number of rotatable bonds is 5. The fraction of sp³-hybridized carbons (Fsp3) is 0.429. The number of ether oxygens (including phenoxy) is 1. The van der Waals surface area contributed by atoms with Crippen molar-refractivity contribution in [3.8, 4) is 5.75 Å². The second-order valence-corrected chi connectivity index (χ2v) is 4.85. The van der Waals surface area contributed by atoms with Gasteiger partial charge in [0, 0.05) is 13.1 Å². The predicted molar refractivity (Wildman–Crippen MR) is 78.0 cm³/mol. The minimum absolute atomic E-state index is 0.0537. The summed E-state index contributed by atoms with van der Waals surface area (Å²) in [7, 11) is 0. The van der Waals surface area contributed by atoms with Crippen LogP contribution in [-0.2, 0) is 4.79 Å². The Bertz CT molecular complexity index is 513. The van der Waals surface area contributed by atoms with Crippen molar-refractivity contribution in [3.05, 3.63) is 29.8 Å². The van der Waals surface area contributed by atoms with Gasteiger partial charge in [-0.25, -0.2) is 5.01 Å². The number of oxime groups is 1. The van der Waals surface area contributed by atoms with E-state index in [0.29, 0.717) is 11.3 Å². The van der Waals surface area contributed by atoms with Gasteiger partial charge in [-0.3, -0.25) is 10.2 Å². The van der Waals surface area contributed by atoms with E-state index < -0.39 is 0 Å². The molecule has 1 fully saturated rings. The van der Waals surface area contributed by atoms with Crippen LogP contribution in [0.1, 0.15) is 24.8 Å². The molecular weight excluding hydrogens is 272 g/mol. The number of carbonyl (C=O) groups excluding carboxylic acids is 1. The van der Waals surface area contributed by atoms with Gasteiger partial charge in [0.05, 0.1) is 5.56 Å². The monoisotopic (exact) mass is 292 g/mol. The summed E-state index contributed by atoms with van der Waals surface area (Å²) in [6.07, 6.45) is 3.39. The van der Waals surface area contributed by atoms with Crippen molar-refractivity contribution in [2.75, 3.05) is 19.7 Å². The van der Waals surface area contributed by atoms with Crippen molar-refractivity contribution in [2.45, 2.75) is 19.3 Å². The number of para-hydroxylation sites is 1. The maximum absolute atomic E-state index is 11.8. The van der Waals surface area contributed by atoms with Crippen molar-refractivity contribution in [1.82, 2.24) is 10.4 Å². The van der Waals surface area contributed by atoms with Crippen LogP contribution in [-0.4, -0.2) is 41.7 Å². The molecule has 114 valence electrons. The summed E-state index contributed by atoms with van der Waals surface area (Å²) in [5.74, 6) is 0.134. The van der Waals surface area contributed by atoms with Crippen molar-refractivity contribution < 1.29 is 14.7 Å². The Labute approximate surface area is 123 Å². The number of amides is 1. The van der Waals surface area contributed by atoms with Crippen molar-refractivity contribution >= 4 is 11.7 Å². The first-order valence-electron chi connectivity index (χ1n) is 6.95. The van der Waals surface area contributed by atoms with Gasteiger partial charge in [0.25, 0.3) is 5.91 Å². The van der Waals surface area contributed by atoms with Gasteiger partial charge in [-0.2, -0.15) is 0 Å². The van der Waals surface area contributed by atoms with Crippen LogP contribution >= 0.6 is 0 Å². The largest absolute Gasteiger partial charge is 0.483 e. The van der Waals surface area contributed by atoms with E-state index in [1.54, 1.807) is 24.3 Å². The van der Waals surface area contributed by atoms with Crippen molar-refractivity contribution in [3.63, 3.8) is 0 Å². The number of hydrogen-bond acceptors (Lipinski definition) is 5. The number of carbonyl (C=O) groups is 1. The Kier molecular flexibility index (Phi) is 5.39. The molecule has 0 aliphatic carbocycles. The lowest BCUT2D eigenvalue weighted by molar-refractivity contribution is -0.128. The topological polar surface area (TPSA) is 100 Å². The number of hydrogen-bond donors (Lipinski definition) is 3. The SMILES string of the molecule is N/C(=N/O)c1ccccc1OCC(=O)NN1CCCCC1. The molecule has 2 rings (SSSR count). The number of nitrogens with one attached hydrogen (secondary N) is 1. The normalized spacial score (nSPS) is 16.5. The first kappa shape index (κ1) is 15.1. The van der Waals surface area contributed by atoms with Gasteiger partial charge < -0.3 is 15.7 Å². The molecule has 1 saturated heterocycles. The molecule has 0 bridgehead atoms. The molecule has 1 aromatic carbocycles. The summed E-state index contributed by atoms with van der Waals surface area (Å²) in [6, 6.07) is 6.83. The van der Waals surface area contributed by atoms with E-state index in [1.807, 2.05) is 5.01 Å². The third-order valence-corrected chi connectivity index (χ3v) is 3.27. The third kappa shape index (κ3) is 4.35. The summed E-state index contributed by atoms with van der Waals surface area (Å²) < 4.78 is 5.45. The van der Waals surface area contributed by atoms with Gasteiger partial charge in [-0.05, 0) is 25.0 Å². The molecule has 0 unspecified atom stereocenters. The van der Waals surface area contributed by atoms with E-state index >= 15 is 0 Å². The lowest BCUT2D eigenvalue weighted by atomic mass is 10.2. The molecule has 1 heterocycles. The fourth-order valence-electron chi connectivity index (χ4n) is 2.22. The lowest BCUT2D eigenvalue weighted by Crippen LogP contribution is -2.46. The molecule has 1 aliphatic rings. The highest BCUT2D eigenvalue weighted by molar-refractivity contribution is 5.99. The molecule has 1 amide bonds. The Morgan fingerprint density at radius 1 is 1.33 bits per heavy atom. The van der Waals surface area contributed by atoms with Gasteiger partial charge in [-0.1, -0.05) is 23.7 Å². The van der Waals surface area contributed by atoms with E-state index in [-0.39, 0.29) is 18.3 Å². The van der Waals surface area contributed by atoms with Crippen molar-refractivity contribution in [1.29, 1.82) is 0 Å². The van der Waals surface area contributed by atoms with E-state index in [1.165, 1.54) is 6.42 Å². The molecule has 1 aromatic rings. The highest BCUT2D eigenvalue weighted by Crippen LogP contribution is 2.17. The molecule has 0 aromatic heterocycles. The number of amidine groups is 1. The zero-order valence-corrected chi connectivity index (χ0v) is 11.8. The van der Waals surface area contributed by atoms with Crippen LogP contribution < -0.4 is 15.9 Å². The van der Waals surface area contributed by atoms with Crippen LogP contribution in [0.3, 0.4) is 0 Å². The smallest absolute Gasteiger partial charge is 0.272 e. The second-order valence-electron chi connectivity index (χ2n) is 4.85. The average Bonchev–Trinajstić information content (AvgIpc) is 2.53.